The SMILES string of the molecule is Cc1ccn2c(NC3CCCCC3)c(-c3ccccc3OS(C)(=O)=O)nc2c1. The summed E-state index contributed by atoms with van der Waals surface area (Å²) in [6, 6.07) is 11.6. The lowest BCUT2D eigenvalue weighted by molar-refractivity contribution is 0.461. The third-order valence-corrected chi connectivity index (χ3v) is 5.59. The molecule has 28 heavy (non-hydrogen) atoms. The molecule has 0 radical (unpaired) electrons. The van der Waals surface area contributed by atoms with E-state index in [0.717, 1.165) is 36.1 Å². The highest BCUT2D eigenvalue weighted by Gasteiger charge is 2.22. The number of pyridine rings is 1. The summed E-state index contributed by atoms with van der Waals surface area (Å²) >= 11 is 0. The first-order valence-electron chi connectivity index (χ1n) is 9.65. The van der Waals surface area contributed by atoms with E-state index < -0.39 is 10.1 Å². The van der Waals surface area contributed by atoms with Gasteiger partial charge in [-0.25, -0.2) is 4.98 Å². The number of fused-ring (bicyclic) bond motifs is 1. The van der Waals surface area contributed by atoms with E-state index in [1.807, 2.05) is 41.8 Å². The molecular formula is C21H25N3O3S. The van der Waals surface area contributed by atoms with E-state index >= 15 is 0 Å². The first-order valence-corrected chi connectivity index (χ1v) is 11.5. The van der Waals surface area contributed by atoms with Gasteiger partial charge in [-0.15, -0.1) is 0 Å². The Morgan fingerprint density at radius 2 is 1.89 bits per heavy atom. The number of para-hydroxylation sites is 1. The van der Waals surface area contributed by atoms with Gasteiger partial charge in [0, 0.05) is 17.8 Å². The van der Waals surface area contributed by atoms with Crippen molar-refractivity contribution in [3.05, 3.63) is 48.2 Å². The maximum Gasteiger partial charge on any atom is 0.306 e. The van der Waals surface area contributed by atoms with Crippen molar-refractivity contribution in [1.82, 2.24) is 9.38 Å². The fourth-order valence-electron chi connectivity index (χ4n) is 3.81. The maximum atomic E-state index is 11.7. The standard InChI is InChI=1S/C21H25N3O3S/c1-15-12-13-24-19(14-15)23-20(21(24)22-16-8-4-3-5-9-16)17-10-6-7-11-18(17)27-28(2,25)26/h6-7,10-14,16,22H,3-5,8-9H2,1-2H3. The highest BCUT2D eigenvalue weighted by molar-refractivity contribution is 7.86. The Hall–Kier alpha value is -2.54. The second kappa shape index (κ2) is 7.47. The number of anilines is 1. The third kappa shape index (κ3) is 3.99. The Morgan fingerprint density at radius 3 is 2.64 bits per heavy atom. The molecule has 2 heterocycles. The lowest BCUT2D eigenvalue weighted by atomic mass is 9.95. The maximum absolute atomic E-state index is 11.7. The predicted octanol–water partition coefficient (Wildman–Crippen LogP) is 4.39. The summed E-state index contributed by atoms with van der Waals surface area (Å²) in [7, 11) is -3.64. The number of hydrogen-bond donors (Lipinski definition) is 1. The molecule has 148 valence electrons. The fourth-order valence-corrected chi connectivity index (χ4v) is 4.28. The number of benzene rings is 1. The van der Waals surface area contributed by atoms with Crippen molar-refractivity contribution < 1.29 is 12.6 Å². The van der Waals surface area contributed by atoms with Crippen molar-refractivity contribution in [2.45, 2.75) is 45.1 Å². The zero-order chi connectivity index (χ0) is 19.7. The van der Waals surface area contributed by atoms with Crippen molar-refractivity contribution in [3.63, 3.8) is 0 Å². The summed E-state index contributed by atoms with van der Waals surface area (Å²) < 4.78 is 30.8. The van der Waals surface area contributed by atoms with E-state index in [1.165, 1.54) is 19.3 Å². The zero-order valence-electron chi connectivity index (χ0n) is 16.2. The molecule has 0 bridgehead atoms. The molecule has 1 fully saturated rings. The molecule has 3 aromatic rings. The van der Waals surface area contributed by atoms with E-state index in [4.69, 9.17) is 9.17 Å². The van der Waals surface area contributed by atoms with Crippen molar-refractivity contribution in [3.8, 4) is 17.0 Å². The van der Waals surface area contributed by atoms with Gasteiger partial charge in [-0.3, -0.25) is 4.40 Å². The number of rotatable bonds is 5. The monoisotopic (exact) mass is 399 g/mol. The van der Waals surface area contributed by atoms with Crippen LogP contribution in [-0.4, -0.2) is 30.1 Å². The predicted molar refractivity (Wildman–Crippen MR) is 111 cm³/mol. The highest BCUT2D eigenvalue weighted by atomic mass is 32.2. The van der Waals surface area contributed by atoms with E-state index in [-0.39, 0.29) is 5.75 Å². The van der Waals surface area contributed by atoms with Gasteiger partial charge in [0.15, 0.2) is 5.75 Å². The van der Waals surface area contributed by atoms with E-state index in [1.54, 1.807) is 12.1 Å². The Labute approximate surface area is 165 Å². The molecule has 6 nitrogen and oxygen atoms in total. The van der Waals surface area contributed by atoms with Crippen LogP contribution in [0.25, 0.3) is 16.9 Å². The fraction of sp³-hybridized carbons (Fsp3) is 0.381. The first-order chi connectivity index (χ1) is 13.4. The van der Waals surface area contributed by atoms with Gasteiger partial charge in [-0.2, -0.15) is 8.42 Å². The van der Waals surface area contributed by atoms with Gasteiger partial charge in [-0.05, 0) is 49.6 Å². The van der Waals surface area contributed by atoms with Crippen LogP contribution in [0.4, 0.5) is 5.82 Å². The lowest BCUT2D eigenvalue weighted by Gasteiger charge is -2.24. The molecule has 1 aromatic carbocycles. The number of nitrogens with one attached hydrogen (secondary N) is 1. The molecule has 0 saturated heterocycles. The van der Waals surface area contributed by atoms with Gasteiger partial charge in [0.25, 0.3) is 0 Å². The van der Waals surface area contributed by atoms with Crippen LogP contribution in [0.2, 0.25) is 0 Å². The van der Waals surface area contributed by atoms with E-state index in [2.05, 4.69) is 5.32 Å². The molecule has 4 rings (SSSR count). The van der Waals surface area contributed by atoms with E-state index in [0.29, 0.717) is 17.3 Å². The quantitative estimate of drug-likeness (QED) is 0.644. The normalized spacial score (nSPS) is 15.6. The Morgan fingerprint density at radius 1 is 1.14 bits per heavy atom. The van der Waals surface area contributed by atoms with Crippen molar-refractivity contribution in [1.29, 1.82) is 0 Å². The van der Waals surface area contributed by atoms with Crippen LogP contribution < -0.4 is 9.50 Å². The average molecular weight is 400 g/mol. The minimum absolute atomic E-state index is 0.289. The average Bonchev–Trinajstić information content (AvgIpc) is 2.99. The highest BCUT2D eigenvalue weighted by Crippen LogP contribution is 2.37. The van der Waals surface area contributed by atoms with Gasteiger partial charge < -0.3 is 9.50 Å². The van der Waals surface area contributed by atoms with Crippen LogP contribution in [0.5, 0.6) is 5.75 Å². The summed E-state index contributed by atoms with van der Waals surface area (Å²) in [5, 5.41) is 3.68. The van der Waals surface area contributed by atoms with Crippen molar-refractivity contribution in [2.24, 2.45) is 0 Å². The molecule has 1 aliphatic carbocycles. The summed E-state index contributed by atoms with van der Waals surface area (Å²) in [5.74, 6) is 1.17. The van der Waals surface area contributed by atoms with Crippen molar-refractivity contribution >= 4 is 21.6 Å². The van der Waals surface area contributed by atoms with Crippen LogP contribution in [0.15, 0.2) is 42.6 Å². The number of hydrogen-bond acceptors (Lipinski definition) is 5. The Bertz CT molecular complexity index is 1100. The van der Waals surface area contributed by atoms with Gasteiger partial charge in [0.05, 0.1) is 6.26 Å². The largest absolute Gasteiger partial charge is 0.382 e. The molecule has 1 saturated carbocycles. The zero-order valence-corrected chi connectivity index (χ0v) is 17.0. The Kier molecular flexibility index (Phi) is 5.02. The molecule has 0 unspecified atom stereocenters. The molecule has 7 heteroatoms. The molecule has 1 N–H and O–H groups in total. The number of nitrogens with zero attached hydrogens (tertiary/aromatic N) is 2. The van der Waals surface area contributed by atoms with Gasteiger partial charge in [0.1, 0.15) is 17.2 Å². The minimum atomic E-state index is -3.64. The first kappa shape index (κ1) is 18.8. The van der Waals surface area contributed by atoms with Crippen LogP contribution in [0, 0.1) is 6.92 Å². The summed E-state index contributed by atoms with van der Waals surface area (Å²) in [6.45, 7) is 2.03. The van der Waals surface area contributed by atoms with Crippen molar-refractivity contribution in [2.75, 3.05) is 11.6 Å². The smallest absolute Gasteiger partial charge is 0.306 e. The molecule has 1 aliphatic rings. The second-order valence-corrected chi connectivity index (χ2v) is 9.08. The van der Waals surface area contributed by atoms with Crippen LogP contribution in [-0.2, 0) is 10.1 Å². The second-order valence-electron chi connectivity index (χ2n) is 7.50. The lowest BCUT2D eigenvalue weighted by Crippen LogP contribution is -2.23. The summed E-state index contributed by atoms with van der Waals surface area (Å²) in [6.07, 6.45) is 9.03. The van der Waals surface area contributed by atoms with E-state index in [9.17, 15) is 8.42 Å². The molecular weight excluding hydrogens is 374 g/mol. The number of aryl methyl sites for hydroxylation is 1. The molecule has 0 spiro atoms. The number of imidazole rings is 1. The molecule has 2 aromatic heterocycles. The summed E-state index contributed by atoms with van der Waals surface area (Å²) in [5.41, 5.74) is 3.31. The van der Waals surface area contributed by atoms with Gasteiger partial charge >= 0.3 is 10.1 Å². The van der Waals surface area contributed by atoms with Crippen LogP contribution in [0.1, 0.15) is 37.7 Å². The number of aromatic nitrogens is 2. The Balaban J connectivity index is 1.85. The van der Waals surface area contributed by atoms with Crippen LogP contribution >= 0.6 is 0 Å². The van der Waals surface area contributed by atoms with Gasteiger partial charge in [-0.1, -0.05) is 31.4 Å². The molecule has 0 amide bonds. The van der Waals surface area contributed by atoms with Gasteiger partial charge in [0.2, 0.25) is 0 Å². The third-order valence-electron chi connectivity index (χ3n) is 5.11. The molecule has 0 aliphatic heterocycles. The topological polar surface area (TPSA) is 72.7 Å². The summed E-state index contributed by atoms with van der Waals surface area (Å²) in [4.78, 5) is 4.83. The van der Waals surface area contributed by atoms with Crippen LogP contribution in [0.3, 0.4) is 0 Å². The minimum Gasteiger partial charge on any atom is -0.382 e. The molecule has 0 atom stereocenters.